The van der Waals surface area contributed by atoms with Crippen LogP contribution in [0, 0.1) is 17.0 Å². The number of benzene rings is 1. The molecule has 1 aliphatic heterocycles. The van der Waals surface area contributed by atoms with Gasteiger partial charge >= 0.3 is 0 Å². The van der Waals surface area contributed by atoms with Crippen molar-refractivity contribution < 1.29 is 4.92 Å². The van der Waals surface area contributed by atoms with Crippen LogP contribution >= 0.6 is 0 Å². The van der Waals surface area contributed by atoms with Crippen LogP contribution in [0.5, 0.6) is 0 Å². The number of nitrogens with one attached hydrogen (secondary N) is 1. The maximum Gasteiger partial charge on any atom is 0.269 e. The Balaban J connectivity index is 2.31. The molecule has 0 aromatic heterocycles. The van der Waals surface area contributed by atoms with Crippen LogP contribution < -0.4 is 5.32 Å². The van der Waals surface area contributed by atoms with Crippen molar-refractivity contribution in [1.82, 2.24) is 0 Å². The Bertz CT molecular complexity index is 376. The molecule has 0 fully saturated rings. The van der Waals surface area contributed by atoms with Crippen LogP contribution in [0.2, 0.25) is 0 Å². The highest BCUT2D eigenvalue weighted by molar-refractivity contribution is 5.60. The summed E-state index contributed by atoms with van der Waals surface area (Å²) in [5.41, 5.74) is 2.19. The second-order valence-electron chi connectivity index (χ2n) is 3.43. The normalized spacial score (nSPS) is 18.8. The fourth-order valence-corrected chi connectivity index (χ4v) is 1.71. The third-order valence-electron chi connectivity index (χ3n) is 2.47. The standard InChI is InChI=1S/C10H11N2O2/c1-2-8-5-7-6-9(12(13)14)3-4-10(7)11-8/h3-4,6,8,11H,1-2,5H2. The molecule has 1 N–H and O–H groups in total. The van der Waals surface area contributed by atoms with Gasteiger partial charge in [0, 0.05) is 23.9 Å². The zero-order valence-corrected chi connectivity index (χ0v) is 7.69. The fourth-order valence-electron chi connectivity index (χ4n) is 1.71. The minimum absolute atomic E-state index is 0.162. The number of nitro groups is 1. The van der Waals surface area contributed by atoms with Crippen molar-refractivity contribution in [3.05, 3.63) is 40.8 Å². The van der Waals surface area contributed by atoms with Gasteiger partial charge in [0.2, 0.25) is 0 Å². The summed E-state index contributed by atoms with van der Waals surface area (Å²) in [6.07, 6.45) is 1.63. The van der Waals surface area contributed by atoms with E-state index in [0.29, 0.717) is 6.04 Å². The van der Waals surface area contributed by atoms with Gasteiger partial charge in [-0.3, -0.25) is 10.1 Å². The van der Waals surface area contributed by atoms with E-state index in [4.69, 9.17) is 0 Å². The number of nitrogens with zero attached hydrogens (tertiary/aromatic N) is 1. The molecule has 1 heterocycles. The molecule has 73 valence electrons. The van der Waals surface area contributed by atoms with Gasteiger partial charge in [-0.05, 0) is 24.5 Å². The van der Waals surface area contributed by atoms with Crippen LogP contribution in [0.1, 0.15) is 12.0 Å². The highest BCUT2D eigenvalue weighted by Crippen LogP contribution is 2.30. The second kappa shape index (κ2) is 3.29. The molecule has 0 saturated carbocycles. The molecule has 4 heteroatoms. The summed E-state index contributed by atoms with van der Waals surface area (Å²) in [5, 5.41) is 13.8. The third kappa shape index (κ3) is 1.43. The van der Waals surface area contributed by atoms with Gasteiger partial charge in [0.1, 0.15) is 0 Å². The lowest BCUT2D eigenvalue weighted by Gasteiger charge is -2.05. The highest BCUT2D eigenvalue weighted by Gasteiger charge is 2.21. The summed E-state index contributed by atoms with van der Waals surface area (Å²) in [4.78, 5) is 10.2. The molecule has 0 saturated heterocycles. The quantitative estimate of drug-likeness (QED) is 0.575. The molecule has 1 atom stereocenters. The maximum atomic E-state index is 10.5. The average Bonchev–Trinajstić information content (AvgIpc) is 2.58. The summed E-state index contributed by atoms with van der Waals surface area (Å²) in [6.45, 7) is 3.81. The van der Waals surface area contributed by atoms with Crippen molar-refractivity contribution in [2.45, 2.75) is 18.9 Å². The third-order valence-corrected chi connectivity index (χ3v) is 2.47. The lowest BCUT2D eigenvalue weighted by Crippen LogP contribution is -2.12. The van der Waals surface area contributed by atoms with E-state index < -0.39 is 0 Å². The SMILES string of the molecule is [CH2]CC1Cc2cc([N+](=O)[O-])ccc2N1. The van der Waals surface area contributed by atoms with Gasteiger partial charge in [0.25, 0.3) is 5.69 Å². The van der Waals surface area contributed by atoms with Crippen molar-refractivity contribution in [3.63, 3.8) is 0 Å². The Morgan fingerprint density at radius 2 is 2.43 bits per heavy atom. The Labute approximate surface area is 82.1 Å². The Kier molecular flexibility index (Phi) is 2.11. The fraction of sp³-hybridized carbons (Fsp3) is 0.300. The predicted molar refractivity (Wildman–Crippen MR) is 54.2 cm³/mol. The first-order valence-corrected chi connectivity index (χ1v) is 4.54. The summed E-state index contributed by atoms with van der Waals surface area (Å²) in [5.74, 6) is 0. The number of hydrogen-bond donors (Lipinski definition) is 1. The van der Waals surface area contributed by atoms with E-state index in [1.807, 2.05) is 0 Å². The molecule has 1 radical (unpaired) electrons. The average molecular weight is 191 g/mol. The number of anilines is 1. The topological polar surface area (TPSA) is 55.2 Å². The largest absolute Gasteiger partial charge is 0.382 e. The number of rotatable bonds is 2. The first-order valence-electron chi connectivity index (χ1n) is 4.54. The van der Waals surface area contributed by atoms with Crippen molar-refractivity contribution in [1.29, 1.82) is 0 Å². The molecule has 0 spiro atoms. The molecule has 14 heavy (non-hydrogen) atoms. The van der Waals surface area contributed by atoms with Gasteiger partial charge in [0.05, 0.1) is 4.92 Å². The summed E-state index contributed by atoms with van der Waals surface area (Å²) in [7, 11) is 0. The Morgan fingerprint density at radius 3 is 3.07 bits per heavy atom. The van der Waals surface area contributed by atoms with Crippen LogP contribution in [-0.2, 0) is 6.42 Å². The van der Waals surface area contributed by atoms with Gasteiger partial charge in [-0.25, -0.2) is 0 Å². The maximum absolute atomic E-state index is 10.5. The van der Waals surface area contributed by atoms with E-state index in [0.717, 1.165) is 24.1 Å². The Hall–Kier alpha value is -1.58. The van der Waals surface area contributed by atoms with Gasteiger partial charge in [0.15, 0.2) is 0 Å². The molecule has 1 unspecified atom stereocenters. The van der Waals surface area contributed by atoms with Crippen molar-refractivity contribution in [2.24, 2.45) is 0 Å². The van der Waals surface area contributed by atoms with Crippen LogP contribution in [0.15, 0.2) is 18.2 Å². The van der Waals surface area contributed by atoms with Crippen LogP contribution in [0.25, 0.3) is 0 Å². The second-order valence-corrected chi connectivity index (χ2v) is 3.43. The van der Waals surface area contributed by atoms with Crippen LogP contribution in [0.4, 0.5) is 11.4 Å². The van der Waals surface area contributed by atoms with Crippen LogP contribution in [-0.4, -0.2) is 11.0 Å². The minimum atomic E-state index is -0.363. The van der Waals surface area contributed by atoms with Gasteiger partial charge in [-0.1, -0.05) is 6.92 Å². The predicted octanol–water partition coefficient (Wildman–Crippen LogP) is 2.16. The van der Waals surface area contributed by atoms with E-state index in [1.54, 1.807) is 12.1 Å². The smallest absolute Gasteiger partial charge is 0.269 e. The summed E-state index contributed by atoms with van der Waals surface area (Å²) < 4.78 is 0. The lowest BCUT2D eigenvalue weighted by atomic mass is 10.1. The molecule has 1 aliphatic rings. The minimum Gasteiger partial charge on any atom is -0.382 e. The van der Waals surface area contributed by atoms with E-state index in [1.165, 1.54) is 6.07 Å². The monoisotopic (exact) mass is 191 g/mol. The lowest BCUT2D eigenvalue weighted by molar-refractivity contribution is -0.384. The van der Waals surface area contributed by atoms with Gasteiger partial charge < -0.3 is 5.32 Å². The molecule has 0 aliphatic carbocycles. The number of non-ortho nitro benzene ring substituents is 1. The van der Waals surface area contributed by atoms with E-state index >= 15 is 0 Å². The van der Waals surface area contributed by atoms with Crippen molar-refractivity contribution in [3.8, 4) is 0 Å². The first kappa shape index (κ1) is 8.99. The van der Waals surface area contributed by atoms with E-state index in [2.05, 4.69) is 12.2 Å². The number of nitro benzene ring substituents is 1. The zero-order chi connectivity index (χ0) is 10.1. The number of hydrogen-bond acceptors (Lipinski definition) is 3. The Morgan fingerprint density at radius 1 is 1.64 bits per heavy atom. The molecule has 0 amide bonds. The molecular weight excluding hydrogens is 180 g/mol. The zero-order valence-electron chi connectivity index (χ0n) is 7.69. The van der Waals surface area contributed by atoms with Crippen molar-refractivity contribution in [2.75, 3.05) is 5.32 Å². The van der Waals surface area contributed by atoms with E-state index in [-0.39, 0.29) is 10.6 Å². The molecule has 1 aromatic carbocycles. The highest BCUT2D eigenvalue weighted by atomic mass is 16.6. The molecule has 1 aromatic rings. The molecular formula is C10H11N2O2. The van der Waals surface area contributed by atoms with Gasteiger partial charge in [-0.15, -0.1) is 0 Å². The summed E-state index contributed by atoms with van der Waals surface area (Å²) in [6, 6.07) is 5.25. The molecule has 4 nitrogen and oxygen atoms in total. The van der Waals surface area contributed by atoms with Crippen molar-refractivity contribution >= 4 is 11.4 Å². The van der Waals surface area contributed by atoms with E-state index in [9.17, 15) is 10.1 Å². The van der Waals surface area contributed by atoms with Gasteiger partial charge in [-0.2, -0.15) is 0 Å². The first-order chi connectivity index (χ1) is 6.70. The summed E-state index contributed by atoms with van der Waals surface area (Å²) >= 11 is 0. The molecule has 2 rings (SSSR count). The molecule has 0 bridgehead atoms. The number of fused-ring (bicyclic) bond motifs is 1. The van der Waals surface area contributed by atoms with Crippen LogP contribution in [0.3, 0.4) is 0 Å².